The fraction of sp³-hybridized carbons (Fsp3) is 0.261. The predicted molar refractivity (Wildman–Crippen MR) is 120 cm³/mol. The highest BCUT2D eigenvalue weighted by molar-refractivity contribution is 5.94. The molecule has 2 N–H and O–H groups in total. The molecule has 0 aliphatic heterocycles. The molecule has 0 bridgehead atoms. The van der Waals surface area contributed by atoms with Gasteiger partial charge in [0.25, 0.3) is 5.91 Å². The van der Waals surface area contributed by atoms with Crippen molar-refractivity contribution in [2.75, 3.05) is 27.7 Å². The molecule has 0 saturated heterocycles. The summed E-state index contributed by atoms with van der Waals surface area (Å²) in [6.45, 7) is 1.41. The number of amides is 1. The van der Waals surface area contributed by atoms with E-state index in [0.29, 0.717) is 12.1 Å². The standard InChI is InChI=1S/C23H28N6O/c1-24-22(30)20-9-7-8-18(14-20)12-13-26-23(25-2)28(3)16-19-15-27-29(17-19)21-10-5-4-6-11-21/h4-11,14-15,17H,12-13,16H2,1-3H3,(H,24,30)(H,25,26). The van der Waals surface area contributed by atoms with Crippen LogP contribution in [-0.2, 0) is 13.0 Å². The molecule has 1 heterocycles. The van der Waals surface area contributed by atoms with Crippen LogP contribution in [0.3, 0.4) is 0 Å². The lowest BCUT2D eigenvalue weighted by molar-refractivity contribution is 0.0963. The highest BCUT2D eigenvalue weighted by Crippen LogP contribution is 2.09. The first-order valence-electron chi connectivity index (χ1n) is 9.92. The predicted octanol–water partition coefficient (Wildman–Crippen LogP) is 2.48. The number of nitrogens with one attached hydrogen (secondary N) is 2. The zero-order valence-corrected chi connectivity index (χ0v) is 17.7. The summed E-state index contributed by atoms with van der Waals surface area (Å²) in [5, 5.41) is 10.5. The van der Waals surface area contributed by atoms with E-state index in [1.165, 1.54) is 0 Å². The van der Waals surface area contributed by atoms with Crippen molar-refractivity contribution in [3.05, 3.63) is 83.7 Å². The van der Waals surface area contributed by atoms with E-state index in [1.807, 2.05) is 78.7 Å². The second kappa shape index (κ2) is 10.2. The Bertz CT molecular complexity index is 996. The van der Waals surface area contributed by atoms with Crippen molar-refractivity contribution in [2.45, 2.75) is 13.0 Å². The largest absolute Gasteiger partial charge is 0.356 e. The fourth-order valence-corrected chi connectivity index (χ4v) is 3.23. The van der Waals surface area contributed by atoms with Gasteiger partial charge in [0.15, 0.2) is 5.96 Å². The van der Waals surface area contributed by atoms with Crippen molar-refractivity contribution in [3.63, 3.8) is 0 Å². The number of carbonyl (C=O) groups excluding carboxylic acids is 1. The lowest BCUT2D eigenvalue weighted by atomic mass is 10.1. The molecule has 0 aliphatic carbocycles. The summed E-state index contributed by atoms with van der Waals surface area (Å²) in [5.41, 5.74) is 3.91. The quantitative estimate of drug-likeness (QED) is 0.469. The van der Waals surface area contributed by atoms with Gasteiger partial charge in [-0.05, 0) is 36.2 Å². The Kier molecular flexibility index (Phi) is 7.21. The van der Waals surface area contributed by atoms with Gasteiger partial charge in [0.2, 0.25) is 0 Å². The van der Waals surface area contributed by atoms with E-state index in [4.69, 9.17) is 0 Å². The van der Waals surface area contributed by atoms with Crippen LogP contribution in [0.1, 0.15) is 21.5 Å². The van der Waals surface area contributed by atoms with Gasteiger partial charge < -0.3 is 15.5 Å². The Hall–Kier alpha value is -3.61. The van der Waals surface area contributed by atoms with Gasteiger partial charge in [-0.3, -0.25) is 9.79 Å². The maximum absolute atomic E-state index is 11.8. The van der Waals surface area contributed by atoms with Gasteiger partial charge in [-0.1, -0.05) is 30.3 Å². The van der Waals surface area contributed by atoms with E-state index < -0.39 is 0 Å². The van der Waals surface area contributed by atoms with Crippen LogP contribution in [0.15, 0.2) is 72.0 Å². The van der Waals surface area contributed by atoms with Crippen LogP contribution in [0, 0.1) is 0 Å². The van der Waals surface area contributed by atoms with Crippen LogP contribution >= 0.6 is 0 Å². The van der Waals surface area contributed by atoms with Gasteiger partial charge in [-0.2, -0.15) is 5.10 Å². The third-order valence-electron chi connectivity index (χ3n) is 4.76. The van der Waals surface area contributed by atoms with Crippen molar-refractivity contribution >= 4 is 11.9 Å². The van der Waals surface area contributed by atoms with Crippen LogP contribution in [0.5, 0.6) is 0 Å². The van der Waals surface area contributed by atoms with Crippen molar-refractivity contribution < 1.29 is 4.79 Å². The summed E-state index contributed by atoms with van der Waals surface area (Å²) in [6.07, 6.45) is 4.70. The Balaban J connectivity index is 1.54. The molecule has 1 amide bonds. The molecule has 1 aromatic heterocycles. The van der Waals surface area contributed by atoms with E-state index >= 15 is 0 Å². The molecular weight excluding hydrogens is 376 g/mol. The summed E-state index contributed by atoms with van der Waals surface area (Å²) in [6, 6.07) is 17.7. The van der Waals surface area contributed by atoms with E-state index in [-0.39, 0.29) is 5.91 Å². The number of hydrogen-bond donors (Lipinski definition) is 2. The molecule has 7 nitrogen and oxygen atoms in total. The van der Waals surface area contributed by atoms with Gasteiger partial charge in [0, 0.05) is 51.6 Å². The Labute approximate surface area is 177 Å². The van der Waals surface area contributed by atoms with E-state index in [0.717, 1.165) is 35.7 Å². The molecule has 0 atom stereocenters. The second-order valence-electron chi connectivity index (χ2n) is 6.99. The number of guanidine groups is 1. The van der Waals surface area contributed by atoms with Crippen LogP contribution in [0.25, 0.3) is 5.69 Å². The normalized spacial score (nSPS) is 11.2. The number of para-hydroxylation sites is 1. The molecule has 0 saturated carbocycles. The van der Waals surface area contributed by atoms with E-state index in [9.17, 15) is 4.79 Å². The zero-order chi connectivity index (χ0) is 21.3. The van der Waals surface area contributed by atoms with Crippen LogP contribution < -0.4 is 10.6 Å². The van der Waals surface area contributed by atoms with Crippen LogP contribution in [-0.4, -0.2) is 54.2 Å². The highest BCUT2D eigenvalue weighted by Gasteiger charge is 2.09. The van der Waals surface area contributed by atoms with Crippen LogP contribution in [0.4, 0.5) is 0 Å². The average molecular weight is 405 g/mol. The second-order valence-corrected chi connectivity index (χ2v) is 6.99. The van der Waals surface area contributed by atoms with Crippen molar-refractivity contribution in [1.82, 2.24) is 25.3 Å². The first kappa shape index (κ1) is 21.1. The number of hydrogen-bond acceptors (Lipinski definition) is 3. The van der Waals surface area contributed by atoms with E-state index in [2.05, 4.69) is 25.6 Å². The zero-order valence-electron chi connectivity index (χ0n) is 17.7. The minimum atomic E-state index is -0.0728. The van der Waals surface area contributed by atoms with Crippen molar-refractivity contribution in [2.24, 2.45) is 4.99 Å². The van der Waals surface area contributed by atoms with Gasteiger partial charge in [-0.25, -0.2) is 4.68 Å². The molecule has 3 rings (SSSR count). The summed E-state index contributed by atoms with van der Waals surface area (Å²) in [7, 11) is 5.42. The molecule has 2 aromatic carbocycles. The van der Waals surface area contributed by atoms with Gasteiger partial charge in [0.1, 0.15) is 0 Å². The lowest BCUT2D eigenvalue weighted by Crippen LogP contribution is -2.39. The molecule has 156 valence electrons. The SMILES string of the molecule is CN=C(NCCc1cccc(C(=O)NC)c1)N(C)Cc1cnn(-c2ccccc2)c1. The minimum absolute atomic E-state index is 0.0728. The molecule has 7 heteroatoms. The minimum Gasteiger partial charge on any atom is -0.356 e. The topological polar surface area (TPSA) is 74.6 Å². The smallest absolute Gasteiger partial charge is 0.251 e. The molecule has 0 radical (unpaired) electrons. The summed E-state index contributed by atoms with van der Waals surface area (Å²) in [4.78, 5) is 18.2. The molecule has 0 unspecified atom stereocenters. The Morgan fingerprint density at radius 3 is 2.67 bits per heavy atom. The maximum Gasteiger partial charge on any atom is 0.251 e. The number of aromatic nitrogens is 2. The Morgan fingerprint density at radius 2 is 1.93 bits per heavy atom. The van der Waals surface area contributed by atoms with Crippen molar-refractivity contribution in [1.29, 1.82) is 0 Å². The molecule has 0 aliphatic rings. The molecular formula is C23H28N6O. The molecule has 0 spiro atoms. The number of rotatable bonds is 7. The number of aliphatic imine (C=N–C) groups is 1. The number of benzene rings is 2. The molecule has 0 fully saturated rings. The number of nitrogens with zero attached hydrogens (tertiary/aromatic N) is 4. The van der Waals surface area contributed by atoms with Crippen molar-refractivity contribution in [3.8, 4) is 5.69 Å². The first-order valence-corrected chi connectivity index (χ1v) is 9.92. The summed E-state index contributed by atoms with van der Waals surface area (Å²) in [5.74, 6) is 0.737. The number of carbonyl (C=O) groups is 1. The maximum atomic E-state index is 11.8. The van der Waals surface area contributed by atoms with Gasteiger partial charge >= 0.3 is 0 Å². The average Bonchev–Trinajstić information content (AvgIpc) is 3.25. The molecule has 3 aromatic rings. The highest BCUT2D eigenvalue weighted by atomic mass is 16.1. The molecule has 30 heavy (non-hydrogen) atoms. The lowest BCUT2D eigenvalue weighted by Gasteiger charge is -2.21. The monoisotopic (exact) mass is 404 g/mol. The third kappa shape index (κ3) is 5.47. The summed E-state index contributed by atoms with van der Waals surface area (Å²) < 4.78 is 1.87. The fourth-order valence-electron chi connectivity index (χ4n) is 3.23. The Morgan fingerprint density at radius 1 is 1.13 bits per heavy atom. The van der Waals surface area contributed by atoms with Gasteiger partial charge in [0.05, 0.1) is 11.9 Å². The third-order valence-corrected chi connectivity index (χ3v) is 4.76. The first-order chi connectivity index (χ1) is 14.6. The van der Waals surface area contributed by atoms with Crippen LogP contribution in [0.2, 0.25) is 0 Å². The van der Waals surface area contributed by atoms with Gasteiger partial charge in [-0.15, -0.1) is 0 Å². The summed E-state index contributed by atoms with van der Waals surface area (Å²) >= 11 is 0. The van der Waals surface area contributed by atoms with E-state index in [1.54, 1.807) is 14.1 Å².